The number of phenols is 1. The van der Waals surface area contributed by atoms with Gasteiger partial charge in [-0.15, -0.1) is 0 Å². The van der Waals surface area contributed by atoms with E-state index in [0.29, 0.717) is 17.9 Å². The zero-order valence-corrected chi connectivity index (χ0v) is 11.5. The molecule has 0 radical (unpaired) electrons. The summed E-state index contributed by atoms with van der Waals surface area (Å²) in [7, 11) is 1.61. The van der Waals surface area contributed by atoms with Gasteiger partial charge in [0.15, 0.2) is 6.10 Å². The SMILES string of the molecule is COc1ccc(CC2Oc3ccc(O)cc3NC2=O)cc1. The average Bonchev–Trinajstić information content (AvgIpc) is 2.49. The number of hydrogen-bond donors (Lipinski definition) is 2. The summed E-state index contributed by atoms with van der Waals surface area (Å²) >= 11 is 0. The van der Waals surface area contributed by atoms with Gasteiger partial charge < -0.3 is 19.9 Å². The van der Waals surface area contributed by atoms with E-state index in [1.807, 2.05) is 24.3 Å². The van der Waals surface area contributed by atoms with Crippen LogP contribution in [0.2, 0.25) is 0 Å². The monoisotopic (exact) mass is 285 g/mol. The molecule has 0 bridgehead atoms. The second-order valence-corrected chi connectivity index (χ2v) is 4.83. The van der Waals surface area contributed by atoms with Crippen LogP contribution in [0, 0.1) is 0 Å². The van der Waals surface area contributed by atoms with E-state index in [0.717, 1.165) is 11.3 Å². The third-order valence-electron chi connectivity index (χ3n) is 3.36. The maximum Gasteiger partial charge on any atom is 0.265 e. The van der Waals surface area contributed by atoms with Crippen molar-refractivity contribution in [3.05, 3.63) is 48.0 Å². The number of aromatic hydroxyl groups is 1. The summed E-state index contributed by atoms with van der Waals surface area (Å²) in [5.41, 5.74) is 1.48. The largest absolute Gasteiger partial charge is 0.508 e. The molecule has 1 atom stereocenters. The number of carbonyl (C=O) groups is 1. The van der Waals surface area contributed by atoms with Crippen molar-refractivity contribution in [3.8, 4) is 17.2 Å². The van der Waals surface area contributed by atoms with Gasteiger partial charge in [0.05, 0.1) is 12.8 Å². The number of amides is 1. The average molecular weight is 285 g/mol. The van der Waals surface area contributed by atoms with Crippen LogP contribution in [-0.2, 0) is 11.2 Å². The van der Waals surface area contributed by atoms with Gasteiger partial charge >= 0.3 is 0 Å². The quantitative estimate of drug-likeness (QED) is 0.908. The van der Waals surface area contributed by atoms with Crippen LogP contribution in [-0.4, -0.2) is 24.2 Å². The van der Waals surface area contributed by atoms with Crippen molar-refractivity contribution in [2.24, 2.45) is 0 Å². The van der Waals surface area contributed by atoms with Crippen LogP contribution in [0.5, 0.6) is 17.2 Å². The van der Waals surface area contributed by atoms with Crippen LogP contribution < -0.4 is 14.8 Å². The summed E-state index contributed by atoms with van der Waals surface area (Å²) in [6.45, 7) is 0. The summed E-state index contributed by atoms with van der Waals surface area (Å²) in [5.74, 6) is 1.20. The van der Waals surface area contributed by atoms with Crippen molar-refractivity contribution in [1.82, 2.24) is 0 Å². The van der Waals surface area contributed by atoms with E-state index < -0.39 is 6.10 Å². The lowest BCUT2D eigenvalue weighted by molar-refractivity contribution is -0.123. The van der Waals surface area contributed by atoms with Crippen LogP contribution in [0.3, 0.4) is 0 Å². The molecule has 0 aromatic heterocycles. The minimum absolute atomic E-state index is 0.0891. The molecule has 0 fully saturated rings. The van der Waals surface area contributed by atoms with Crippen LogP contribution >= 0.6 is 0 Å². The summed E-state index contributed by atoms with van der Waals surface area (Å²) in [4.78, 5) is 12.1. The minimum Gasteiger partial charge on any atom is -0.508 e. The Morgan fingerprint density at radius 1 is 1.24 bits per heavy atom. The number of benzene rings is 2. The van der Waals surface area contributed by atoms with Gasteiger partial charge in [-0.1, -0.05) is 12.1 Å². The number of methoxy groups -OCH3 is 1. The first-order valence-electron chi connectivity index (χ1n) is 6.59. The molecular weight excluding hydrogens is 270 g/mol. The van der Waals surface area contributed by atoms with Crippen LogP contribution in [0.1, 0.15) is 5.56 Å². The number of hydrogen-bond acceptors (Lipinski definition) is 4. The number of rotatable bonds is 3. The zero-order valence-electron chi connectivity index (χ0n) is 11.5. The molecule has 3 rings (SSSR count). The fraction of sp³-hybridized carbons (Fsp3) is 0.188. The number of carbonyl (C=O) groups excluding carboxylic acids is 1. The minimum atomic E-state index is -0.588. The maximum absolute atomic E-state index is 12.1. The number of fused-ring (bicyclic) bond motifs is 1. The van der Waals surface area contributed by atoms with Gasteiger partial charge in [-0.2, -0.15) is 0 Å². The maximum atomic E-state index is 12.1. The molecule has 5 nitrogen and oxygen atoms in total. The van der Waals surface area contributed by atoms with E-state index in [4.69, 9.17) is 9.47 Å². The molecule has 0 saturated carbocycles. The lowest BCUT2D eigenvalue weighted by Crippen LogP contribution is -2.38. The highest BCUT2D eigenvalue weighted by Crippen LogP contribution is 2.33. The summed E-state index contributed by atoms with van der Waals surface area (Å²) < 4.78 is 10.8. The van der Waals surface area contributed by atoms with Gasteiger partial charge in [-0.05, 0) is 29.8 Å². The zero-order chi connectivity index (χ0) is 14.8. The molecule has 1 unspecified atom stereocenters. The van der Waals surface area contributed by atoms with Crippen molar-refractivity contribution < 1.29 is 19.4 Å². The first-order chi connectivity index (χ1) is 10.2. The smallest absolute Gasteiger partial charge is 0.265 e. The lowest BCUT2D eigenvalue weighted by atomic mass is 10.1. The van der Waals surface area contributed by atoms with Crippen molar-refractivity contribution >= 4 is 11.6 Å². The molecule has 1 aliphatic heterocycles. The molecule has 2 aromatic carbocycles. The Kier molecular flexibility index (Phi) is 3.39. The summed E-state index contributed by atoms with van der Waals surface area (Å²) in [6.07, 6.45) is -0.119. The highest BCUT2D eigenvalue weighted by atomic mass is 16.5. The van der Waals surface area contributed by atoms with Crippen molar-refractivity contribution in [2.75, 3.05) is 12.4 Å². The highest BCUT2D eigenvalue weighted by molar-refractivity contribution is 5.98. The Morgan fingerprint density at radius 3 is 2.71 bits per heavy atom. The second kappa shape index (κ2) is 5.36. The van der Waals surface area contributed by atoms with Crippen LogP contribution in [0.15, 0.2) is 42.5 Å². The Morgan fingerprint density at radius 2 is 2.00 bits per heavy atom. The predicted octanol–water partition coefficient (Wildman–Crippen LogP) is 2.34. The van der Waals surface area contributed by atoms with E-state index in [2.05, 4.69) is 5.32 Å². The molecule has 1 amide bonds. The molecule has 5 heteroatoms. The summed E-state index contributed by atoms with van der Waals surface area (Å²) in [5, 5.41) is 12.2. The molecule has 21 heavy (non-hydrogen) atoms. The molecular formula is C16H15NO4. The van der Waals surface area contributed by atoms with Crippen LogP contribution in [0.25, 0.3) is 0 Å². The number of phenolic OH excluding ortho intramolecular Hbond substituents is 1. The van der Waals surface area contributed by atoms with Gasteiger partial charge in [0, 0.05) is 12.5 Å². The second-order valence-electron chi connectivity index (χ2n) is 4.83. The van der Waals surface area contributed by atoms with E-state index in [-0.39, 0.29) is 11.7 Å². The Balaban J connectivity index is 1.77. The third kappa shape index (κ3) is 2.76. The predicted molar refractivity (Wildman–Crippen MR) is 77.9 cm³/mol. The van der Waals surface area contributed by atoms with Crippen molar-refractivity contribution in [3.63, 3.8) is 0 Å². The van der Waals surface area contributed by atoms with Gasteiger partial charge in [-0.25, -0.2) is 0 Å². The van der Waals surface area contributed by atoms with Gasteiger partial charge in [0.25, 0.3) is 5.91 Å². The first-order valence-corrected chi connectivity index (χ1v) is 6.59. The van der Waals surface area contributed by atoms with E-state index >= 15 is 0 Å². The topological polar surface area (TPSA) is 67.8 Å². The van der Waals surface area contributed by atoms with Gasteiger partial charge in [0.2, 0.25) is 0 Å². The van der Waals surface area contributed by atoms with E-state index in [1.165, 1.54) is 12.1 Å². The molecule has 0 saturated heterocycles. The van der Waals surface area contributed by atoms with E-state index in [9.17, 15) is 9.90 Å². The molecule has 1 heterocycles. The standard InChI is InChI=1S/C16H15NO4/c1-20-12-5-2-10(3-6-12)8-15-16(19)17-13-9-11(18)4-7-14(13)21-15/h2-7,9,15,18H,8H2,1H3,(H,17,19). The number of nitrogens with one attached hydrogen (secondary N) is 1. The number of ether oxygens (including phenoxy) is 2. The molecule has 0 aliphatic carbocycles. The molecule has 2 aromatic rings. The Labute approximate surface area is 122 Å². The van der Waals surface area contributed by atoms with Gasteiger partial charge in [-0.3, -0.25) is 4.79 Å². The van der Waals surface area contributed by atoms with E-state index in [1.54, 1.807) is 13.2 Å². The normalized spacial score (nSPS) is 16.6. The van der Waals surface area contributed by atoms with Crippen molar-refractivity contribution in [2.45, 2.75) is 12.5 Å². The summed E-state index contributed by atoms with van der Waals surface area (Å²) in [6, 6.07) is 12.1. The third-order valence-corrected chi connectivity index (χ3v) is 3.36. The Hall–Kier alpha value is -2.69. The number of anilines is 1. The fourth-order valence-corrected chi connectivity index (χ4v) is 2.25. The molecule has 108 valence electrons. The molecule has 0 spiro atoms. The first kappa shape index (κ1) is 13.3. The highest BCUT2D eigenvalue weighted by Gasteiger charge is 2.27. The van der Waals surface area contributed by atoms with Crippen LogP contribution in [0.4, 0.5) is 5.69 Å². The van der Waals surface area contributed by atoms with Crippen molar-refractivity contribution in [1.29, 1.82) is 0 Å². The van der Waals surface area contributed by atoms with Gasteiger partial charge in [0.1, 0.15) is 17.2 Å². The molecule has 1 aliphatic rings. The fourth-order valence-electron chi connectivity index (χ4n) is 2.25. The Bertz CT molecular complexity index is 666. The molecule has 2 N–H and O–H groups in total. The lowest BCUT2D eigenvalue weighted by Gasteiger charge is -2.26.